The van der Waals surface area contributed by atoms with Crippen LogP contribution in [0.3, 0.4) is 0 Å². The number of pyridine rings is 1. The lowest BCUT2D eigenvalue weighted by Gasteiger charge is -2.38. The summed E-state index contributed by atoms with van der Waals surface area (Å²) < 4.78 is 0. The Morgan fingerprint density at radius 2 is 1.39 bits per heavy atom. The third-order valence-electron chi connectivity index (χ3n) is 5.15. The first-order chi connectivity index (χ1) is 13.8. The van der Waals surface area contributed by atoms with Crippen molar-refractivity contribution < 1.29 is 0 Å². The van der Waals surface area contributed by atoms with E-state index in [0.29, 0.717) is 0 Å². The average molecular weight is 371 g/mol. The number of aryl methyl sites for hydroxylation is 1. The van der Waals surface area contributed by atoms with Gasteiger partial charge >= 0.3 is 0 Å². The van der Waals surface area contributed by atoms with E-state index in [0.717, 1.165) is 37.6 Å². The van der Waals surface area contributed by atoms with Gasteiger partial charge in [-0.3, -0.25) is 14.9 Å². The third kappa shape index (κ3) is 4.46. The highest BCUT2D eigenvalue weighted by molar-refractivity contribution is 5.76. The van der Waals surface area contributed by atoms with Crippen LogP contribution in [0.5, 0.6) is 0 Å². The van der Waals surface area contributed by atoms with Crippen LogP contribution in [-0.4, -0.2) is 47.3 Å². The number of rotatable bonds is 5. The van der Waals surface area contributed by atoms with Crippen LogP contribution in [0.4, 0.5) is 0 Å². The van der Waals surface area contributed by atoms with E-state index >= 15 is 0 Å². The molecule has 4 heteroatoms. The van der Waals surface area contributed by atoms with E-state index in [1.165, 1.54) is 11.1 Å². The zero-order valence-electron chi connectivity index (χ0n) is 16.3. The molecule has 0 bridgehead atoms. The standard InChI is InChI=1S/C24H26N4/c1-20-9-8-14-23(26-20)19-25-28-17-15-27(16-18-28)24(21-10-4-2-5-11-21)22-12-6-3-7-13-22/h2-14,19,24H,15-18H2,1H3/b25-19-. The molecule has 2 heterocycles. The first-order valence-electron chi connectivity index (χ1n) is 9.86. The molecular weight excluding hydrogens is 344 g/mol. The third-order valence-corrected chi connectivity index (χ3v) is 5.15. The lowest BCUT2D eigenvalue weighted by atomic mass is 9.96. The second-order valence-corrected chi connectivity index (χ2v) is 7.16. The quantitative estimate of drug-likeness (QED) is 0.633. The van der Waals surface area contributed by atoms with Gasteiger partial charge < -0.3 is 0 Å². The Bertz CT molecular complexity index is 861. The molecular formula is C24H26N4. The molecule has 0 N–H and O–H groups in total. The second kappa shape index (κ2) is 8.81. The lowest BCUT2D eigenvalue weighted by molar-refractivity contribution is 0.113. The molecule has 0 amide bonds. The van der Waals surface area contributed by atoms with E-state index in [1.54, 1.807) is 0 Å². The maximum Gasteiger partial charge on any atom is 0.0833 e. The van der Waals surface area contributed by atoms with Gasteiger partial charge in [0, 0.05) is 31.9 Å². The molecule has 3 aromatic rings. The normalized spacial score (nSPS) is 15.4. The molecule has 1 aliphatic rings. The van der Waals surface area contributed by atoms with Gasteiger partial charge in [-0.05, 0) is 30.2 Å². The van der Waals surface area contributed by atoms with Gasteiger partial charge in [-0.15, -0.1) is 0 Å². The Morgan fingerprint density at radius 1 is 0.786 bits per heavy atom. The van der Waals surface area contributed by atoms with Crippen molar-refractivity contribution in [1.29, 1.82) is 0 Å². The van der Waals surface area contributed by atoms with Crippen LogP contribution in [0.1, 0.15) is 28.6 Å². The summed E-state index contributed by atoms with van der Waals surface area (Å²) in [6, 6.07) is 27.9. The van der Waals surface area contributed by atoms with Gasteiger partial charge in [0.1, 0.15) is 0 Å². The van der Waals surface area contributed by atoms with E-state index in [2.05, 4.69) is 80.7 Å². The Kier molecular flexibility index (Phi) is 5.78. The predicted octanol–water partition coefficient (Wildman–Crippen LogP) is 4.13. The molecule has 0 unspecified atom stereocenters. The molecule has 4 rings (SSSR count). The zero-order chi connectivity index (χ0) is 19.2. The van der Waals surface area contributed by atoms with Crippen molar-refractivity contribution in [1.82, 2.24) is 14.9 Å². The number of hydrogen-bond acceptors (Lipinski definition) is 4. The summed E-state index contributed by atoms with van der Waals surface area (Å²) in [5.74, 6) is 0. The van der Waals surface area contributed by atoms with Gasteiger partial charge in [0.05, 0.1) is 18.0 Å². The van der Waals surface area contributed by atoms with Crippen molar-refractivity contribution in [2.45, 2.75) is 13.0 Å². The topological polar surface area (TPSA) is 31.7 Å². The molecule has 0 aliphatic carbocycles. The van der Waals surface area contributed by atoms with Crippen molar-refractivity contribution in [2.24, 2.45) is 5.10 Å². The summed E-state index contributed by atoms with van der Waals surface area (Å²) in [4.78, 5) is 7.05. The Labute approximate surface area is 167 Å². The summed E-state index contributed by atoms with van der Waals surface area (Å²) >= 11 is 0. The monoisotopic (exact) mass is 370 g/mol. The maximum absolute atomic E-state index is 4.65. The molecule has 0 radical (unpaired) electrons. The summed E-state index contributed by atoms with van der Waals surface area (Å²) in [6.07, 6.45) is 1.87. The highest BCUT2D eigenvalue weighted by Crippen LogP contribution is 2.29. The van der Waals surface area contributed by atoms with Crippen LogP contribution in [0.25, 0.3) is 0 Å². The Morgan fingerprint density at radius 3 is 1.96 bits per heavy atom. The van der Waals surface area contributed by atoms with Crippen molar-refractivity contribution in [3.8, 4) is 0 Å². The van der Waals surface area contributed by atoms with E-state index in [-0.39, 0.29) is 6.04 Å². The fraction of sp³-hybridized carbons (Fsp3) is 0.250. The van der Waals surface area contributed by atoms with Crippen molar-refractivity contribution >= 4 is 6.21 Å². The Balaban J connectivity index is 1.46. The van der Waals surface area contributed by atoms with Crippen molar-refractivity contribution in [3.63, 3.8) is 0 Å². The van der Waals surface area contributed by atoms with Crippen LogP contribution >= 0.6 is 0 Å². The van der Waals surface area contributed by atoms with Crippen LogP contribution in [0, 0.1) is 6.92 Å². The highest BCUT2D eigenvalue weighted by atomic mass is 15.5. The molecule has 1 saturated heterocycles. The number of aromatic nitrogens is 1. The molecule has 1 aromatic heterocycles. The second-order valence-electron chi connectivity index (χ2n) is 7.16. The first kappa shape index (κ1) is 18.4. The number of piperazine rings is 1. The lowest BCUT2D eigenvalue weighted by Crippen LogP contribution is -2.45. The minimum absolute atomic E-state index is 0.284. The van der Waals surface area contributed by atoms with Crippen LogP contribution in [0.2, 0.25) is 0 Å². The highest BCUT2D eigenvalue weighted by Gasteiger charge is 2.25. The number of nitrogens with zero attached hydrogens (tertiary/aromatic N) is 4. The van der Waals surface area contributed by atoms with Crippen LogP contribution < -0.4 is 0 Å². The van der Waals surface area contributed by atoms with Crippen molar-refractivity contribution in [3.05, 3.63) is 101 Å². The van der Waals surface area contributed by atoms with E-state index in [1.807, 2.05) is 31.3 Å². The molecule has 0 atom stereocenters. The van der Waals surface area contributed by atoms with Crippen molar-refractivity contribution in [2.75, 3.05) is 26.2 Å². The molecule has 142 valence electrons. The van der Waals surface area contributed by atoms with Gasteiger partial charge in [-0.25, -0.2) is 0 Å². The van der Waals surface area contributed by atoms with E-state index in [9.17, 15) is 0 Å². The summed E-state index contributed by atoms with van der Waals surface area (Å²) in [7, 11) is 0. The van der Waals surface area contributed by atoms with Gasteiger partial charge in [0.25, 0.3) is 0 Å². The molecule has 4 nitrogen and oxygen atoms in total. The molecule has 2 aromatic carbocycles. The fourth-order valence-electron chi connectivity index (χ4n) is 3.75. The molecule has 0 saturated carbocycles. The van der Waals surface area contributed by atoms with Gasteiger partial charge in [-0.2, -0.15) is 5.10 Å². The first-order valence-corrected chi connectivity index (χ1v) is 9.86. The molecule has 0 spiro atoms. The van der Waals surface area contributed by atoms with E-state index < -0.39 is 0 Å². The number of hydrazone groups is 1. The smallest absolute Gasteiger partial charge is 0.0833 e. The largest absolute Gasteiger partial charge is 0.294 e. The SMILES string of the molecule is Cc1cccc(/C=N\N2CCN(C(c3ccccc3)c3ccccc3)CC2)n1. The van der Waals surface area contributed by atoms with Gasteiger partial charge in [0.15, 0.2) is 0 Å². The van der Waals surface area contributed by atoms with Gasteiger partial charge in [-0.1, -0.05) is 66.7 Å². The van der Waals surface area contributed by atoms with Gasteiger partial charge in [0.2, 0.25) is 0 Å². The van der Waals surface area contributed by atoms with E-state index in [4.69, 9.17) is 0 Å². The zero-order valence-corrected chi connectivity index (χ0v) is 16.3. The minimum Gasteiger partial charge on any atom is -0.294 e. The van der Waals surface area contributed by atoms with Crippen LogP contribution in [-0.2, 0) is 0 Å². The maximum atomic E-state index is 4.65. The average Bonchev–Trinajstić information content (AvgIpc) is 2.75. The number of hydrogen-bond donors (Lipinski definition) is 0. The minimum atomic E-state index is 0.284. The summed E-state index contributed by atoms with van der Waals surface area (Å²) in [5.41, 5.74) is 4.61. The molecule has 1 fully saturated rings. The summed E-state index contributed by atoms with van der Waals surface area (Å²) in [6.45, 7) is 5.79. The molecule has 28 heavy (non-hydrogen) atoms. The Hall–Kier alpha value is -2.98. The van der Waals surface area contributed by atoms with Crippen LogP contribution in [0.15, 0.2) is 84.0 Å². The number of benzene rings is 2. The fourth-order valence-corrected chi connectivity index (χ4v) is 3.75. The summed E-state index contributed by atoms with van der Waals surface area (Å²) in [5, 5.41) is 6.80. The molecule has 1 aliphatic heterocycles. The predicted molar refractivity (Wildman–Crippen MR) is 114 cm³/mol.